The molecule has 1 N–H and O–H groups in total. The second-order valence-electron chi connectivity index (χ2n) is 6.40. The van der Waals surface area contributed by atoms with Crippen molar-refractivity contribution in [2.24, 2.45) is 0 Å². The van der Waals surface area contributed by atoms with Crippen LogP contribution < -0.4 is 5.32 Å². The van der Waals surface area contributed by atoms with E-state index in [0.717, 1.165) is 5.56 Å². The van der Waals surface area contributed by atoms with Gasteiger partial charge in [0.1, 0.15) is 17.7 Å². The molecular weight excluding hydrogens is 360 g/mol. The van der Waals surface area contributed by atoms with Crippen LogP contribution in [-0.4, -0.2) is 10.2 Å². The number of nitrogens with zero attached hydrogens (tertiary/aromatic N) is 2. The lowest BCUT2D eigenvalue weighted by molar-refractivity contribution is 0.493. The van der Waals surface area contributed by atoms with Gasteiger partial charge in [-0.05, 0) is 54.4 Å². The second-order valence-corrected chi connectivity index (χ2v) is 6.40. The molecule has 1 atom stereocenters. The highest BCUT2D eigenvalue weighted by Gasteiger charge is 2.22. The fourth-order valence-corrected chi connectivity index (χ4v) is 2.84. The van der Waals surface area contributed by atoms with Gasteiger partial charge in [-0.3, -0.25) is 0 Å². The SMILES string of the molecule is Cc1ccc(N[C@@H](c2ccc(F)cc2)c2nnc(-c3ccccc3)o2)cc1F. The topological polar surface area (TPSA) is 51.0 Å². The van der Waals surface area contributed by atoms with E-state index in [-0.39, 0.29) is 11.6 Å². The van der Waals surface area contributed by atoms with Crippen LogP contribution in [0.3, 0.4) is 0 Å². The molecule has 1 heterocycles. The minimum Gasteiger partial charge on any atom is -0.418 e. The number of benzene rings is 3. The van der Waals surface area contributed by atoms with Crippen LogP contribution in [0.2, 0.25) is 0 Å². The van der Waals surface area contributed by atoms with Gasteiger partial charge in [0.15, 0.2) is 0 Å². The van der Waals surface area contributed by atoms with E-state index in [1.807, 2.05) is 30.3 Å². The predicted molar refractivity (Wildman–Crippen MR) is 103 cm³/mol. The summed E-state index contributed by atoms with van der Waals surface area (Å²) in [5.41, 5.74) is 2.61. The number of anilines is 1. The molecule has 0 unspecified atom stereocenters. The van der Waals surface area contributed by atoms with Crippen LogP contribution in [0.4, 0.5) is 14.5 Å². The number of aryl methyl sites for hydroxylation is 1. The highest BCUT2D eigenvalue weighted by Crippen LogP contribution is 2.29. The fourth-order valence-electron chi connectivity index (χ4n) is 2.84. The molecule has 28 heavy (non-hydrogen) atoms. The van der Waals surface area contributed by atoms with Gasteiger partial charge in [-0.2, -0.15) is 0 Å². The van der Waals surface area contributed by atoms with E-state index < -0.39 is 6.04 Å². The van der Waals surface area contributed by atoms with Crippen LogP contribution >= 0.6 is 0 Å². The highest BCUT2D eigenvalue weighted by atomic mass is 19.1. The van der Waals surface area contributed by atoms with Gasteiger partial charge in [0, 0.05) is 11.3 Å². The molecular formula is C22H17F2N3O. The first kappa shape index (κ1) is 17.9. The van der Waals surface area contributed by atoms with Gasteiger partial charge in [0.2, 0.25) is 11.8 Å². The molecule has 0 bridgehead atoms. The van der Waals surface area contributed by atoms with Crippen molar-refractivity contribution >= 4 is 5.69 Å². The van der Waals surface area contributed by atoms with Crippen LogP contribution in [-0.2, 0) is 0 Å². The third-order valence-corrected chi connectivity index (χ3v) is 4.39. The standard InChI is InChI=1S/C22H17F2N3O/c1-14-7-12-18(13-19(14)24)25-20(15-8-10-17(23)11-9-15)22-27-26-21(28-22)16-5-3-2-4-6-16/h2-13,20,25H,1H3/t20-/m0/s1. The van der Waals surface area contributed by atoms with E-state index in [4.69, 9.17) is 4.42 Å². The smallest absolute Gasteiger partial charge is 0.247 e. The van der Waals surface area contributed by atoms with Crippen LogP contribution in [0.25, 0.3) is 11.5 Å². The summed E-state index contributed by atoms with van der Waals surface area (Å²) in [5, 5.41) is 11.5. The fraction of sp³-hybridized carbons (Fsp3) is 0.0909. The first-order chi connectivity index (χ1) is 13.6. The van der Waals surface area contributed by atoms with E-state index in [2.05, 4.69) is 15.5 Å². The van der Waals surface area contributed by atoms with Crippen molar-refractivity contribution < 1.29 is 13.2 Å². The van der Waals surface area contributed by atoms with Crippen molar-refractivity contribution in [1.29, 1.82) is 0 Å². The zero-order valence-corrected chi connectivity index (χ0v) is 15.1. The van der Waals surface area contributed by atoms with E-state index in [1.165, 1.54) is 18.2 Å². The summed E-state index contributed by atoms with van der Waals surface area (Å²) in [5.74, 6) is 0.00351. The van der Waals surface area contributed by atoms with Gasteiger partial charge in [-0.25, -0.2) is 8.78 Å². The monoisotopic (exact) mass is 377 g/mol. The van der Waals surface area contributed by atoms with E-state index in [0.29, 0.717) is 28.6 Å². The Hall–Kier alpha value is -3.54. The summed E-state index contributed by atoms with van der Waals surface area (Å²) in [6.07, 6.45) is 0. The Morgan fingerprint density at radius 3 is 2.36 bits per heavy atom. The molecule has 0 spiro atoms. The first-order valence-electron chi connectivity index (χ1n) is 8.77. The molecule has 3 aromatic carbocycles. The Bertz CT molecular complexity index is 1080. The molecule has 0 fully saturated rings. The third-order valence-electron chi connectivity index (χ3n) is 4.39. The maximum Gasteiger partial charge on any atom is 0.247 e. The molecule has 4 rings (SSSR count). The van der Waals surface area contributed by atoms with E-state index in [1.54, 1.807) is 31.2 Å². The Kier molecular flexibility index (Phi) is 4.85. The van der Waals surface area contributed by atoms with Crippen molar-refractivity contribution in [1.82, 2.24) is 10.2 Å². The number of hydrogen-bond acceptors (Lipinski definition) is 4. The van der Waals surface area contributed by atoms with Crippen LogP contribution in [0.1, 0.15) is 23.1 Å². The summed E-state index contributed by atoms with van der Waals surface area (Å²) in [4.78, 5) is 0. The molecule has 0 amide bonds. The van der Waals surface area contributed by atoms with Crippen LogP contribution in [0.15, 0.2) is 77.2 Å². The molecule has 0 saturated carbocycles. The molecule has 4 aromatic rings. The summed E-state index contributed by atoms with van der Waals surface area (Å²) in [6, 6.07) is 19.7. The maximum absolute atomic E-state index is 14.0. The largest absolute Gasteiger partial charge is 0.418 e. The maximum atomic E-state index is 14.0. The van der Waals surface area contributed by atoms with Crippen molar-refractivity contribution in [3.05, 3.63) is 101 Å². The number of nitrogens with one attached hydrogen (secondary N) is 1. The normalized spacial score (nSPS) is 12.0. The number of halogens is 2. The summed E-state index contributed by atoms with van der Waals surface area (Å²) in [7, 11) is 0. The first-order valence-corrected chi connectivity index (χ1v) is 8.77. The molecule has 0 saturated heterocycles. The zero-order valence-electron chi connectivity index (χ0n) is 15.1. The van der Waals surface area contributed by atoms with Crippen LogP contribution in [0, 0.1) is 18.6 Å². The number of rotatable bonds is 5. The molecule has 0 aliphatic carbocycles. The van der Waals surface area contributed by atoms with Gasteiger partial charge < -0.3 is 9.73 Å². The van der Waals surface area contributed by atoms with Gasteiger partial charge in [0.25, 0.3) is 0 Å². The summed E-state index contributed by atoms with van der Waals surface area (Å²) < 4.78 is 33.2. The van der Waals surface area contributed by atoms with Gasteiger partial charge in [-0.1, -0.05) is 36.4 Å². The quantitative estimate of drug-likeness (QED) is 0.497. The lowest BCUT2D eigenvalue weighted by Crippen LogP contribution is -2.13. The number of aromatic nitrogens is 2. The number of hydrogen-bond donors (Lipinski definition) is 1. The summed E-state index contributed by atoms with van der Waals surface area (Å²) in [6.45, 7) is 1.70. The van der Waals surface area contributed by atoms with Gasteiger partial charge in [0.05, 0.1) is 0 Å². The Labute approximate surface area is 160 Å². The van der Waals surface area contributed by atoms with E-state index in [9.17, 15) is 8.78 Å². The molecule has 0 aliphatic heterocycles. The minimum atomic E-state index is -0.562. The Morgan fingerprint density at radius 2 is 1.64 bits per heavy atom. The minimum absolute atomic E-state index is 0.298. The second kappa shape index (κ2) is 7.60. The van der Waals surface area contributed by atoms with E-state index >= 15 is 0 Å². The van der Waals surface area contributed by atoms with Gasteiger partial charge in [-0.15, -0.1) is 10.2 Å². The molecule has 1 aromatic heterocycles. The summed E-state index contributed by atoms with van der Waals surface area (Å²) >= 11 is 0. The predicted octanol–water partition coefficient (Wildman–Crippen LogP) is 5.52. The average molecular weight is 377 g/mol. The highest BCUT2D eigenvalue weighted by molar-refractivity contribution is 5.53. The van der Waals surface area contributed by atoms with Crippen molar-refractivity contribution in [2.45, 2.75) is 13.0 Å². The molecule has 4 nitrogen and oxygen atoms in total. The average Bonchev–Trinajstić information content (AvgIpc) is 3.20. The molecule has 0 radical (unpaired) electrons. The Balaban J connectivity index is 1.71. The van der Waals surface area contributed by atoms with Gasteiger partial charge >= 0.3 is 0 Å². The van der Waals surface area contributed by atoms with Crippen LogP contribution in [0.5, 0.6) is 0 Å². The lowest BCUT2D eigenvalue weighted by Gasteiger charge is -2.17. The molecule has 6 heteroatoms. The molecule has 140 valence electrons. The molecule has 0 aliphatic rings. The zero-order chi connectivity index (χ0) is 19.5. The third kappa shape index (κ3) is 3.76. The lowest BCUT2D eigenvalue weighted by atomic mass is 10.1. The Morgan fingerprint density at radius 1 is 0.893 bits per heavy atom. The van der Waals surface area contributed by atoms with Crippen molar-refractivity contribution in [3.8, 4) is 11.5 Å². The van der Waals surface area contributed by atoms with Crippen molar-refractivity contribution in [2.75, 3.05) is 5.32 Å². The van der Waals surface area contributed by atoms with Crippen molar-refractivity contribution in [3.63, 3.8) is 0 Å².